The van der Waals surface area contributed by atoms with Crippen molar-refractivity contribution in [3.63, 3.8) is 0 Å². The third-order valence-corrected chi connectivity index (χ3v) is 4.05. The van der Waals surface area contributed by atoms with Gasteiger partial charge in [-0.05, 0) is 29.7 Å². The van der Waals surface area contributed by atoms with Gasteiger partial charge in [0.1, 0.15) is 6.10 Å². The lowest BCUT2D eigenvalue weighted by Crippen LogP contribution is -2.12. The van der Waals surface area contributed by atoms with Gasteiger partial charge >= 0.3 is 0 Å². The Morgan fingerprint density at radius 2 is 2.10 bits per heavy atom. The van der Waals surface area contributed by atoms with Gasteiger partial charge in [0.2, 0.25) is 0 Å². The van der Waals surface area contributed by atoms with Gasteiger partial charge in [-0.1, -0.05) is 24.3 Å². The van der Waals surface area contributed by atoms with Crippen LogP contribution < -0.4 is 9.64 Å². The van der Waals surface area contributed by atoms with Crippen LogP contribution in [-0.4, -0.2) is 25.8 Å². The molecule has 0 spiro atoms. The molecule has 3 rings (SSSR count). The first kappa shape index (κ1) is 13.9. The summed E-state index contributed by atoms with van der Waals surface area (Å²) in [5.74, 6) is -0.363. The van der Waals surface area contributed by atoms with Crippen LogP contribution >= 0.6 is 0 Å². The van der Waals surface area contributed by atoms with Gasteiger partial charge in [-0.25, -0.2) is 4.39 Å². The maximum Gasteiger partial charge on any atom is 0.171 e. The summed E-state index contributed by atoms with van der Waals surface area (Å²) in [6.07, 6.45) is -0.0382. The number of halogens is 1. The largest absolute Gasteiger partial charge is 0.494 e. The van der Waals surface area contributed by atoms with Gasteiger partial charge < -0.3 is 14.7 Å². The molecule has 1 N–H and O–H groups in total. The third kappa shape index (κ3) is 2.36. The molecule has 1 aliphatic rings. The Morgan fingerprint density at radius 1 is 1.29 bits per heavy atom. The summed E-state index contributed by atoms with van der Waals surface area (Å²) in [7, 11) is 3.46. The summed E-state index contributed by atoms with van der Waals surface area (Å²) in [4.78, 5) is 2.18. The Morgan fingerprint density at radius 3 is 2.86 bits per heavy atom. The van der Waals surface area contributed by atoms with E-state index in [-0.39, 0.29) is 11.3 Å². The number of hydrogen-bond donors (Lipinski definition) is 1. The van der Waals surface area contributed by atoms with Crippen molar-refractivity contribution in [2.45, 2.75) is 12.5 Å². The number of aliphatic hydroxyl groups is 1. The van der Waals surface area contributed by atoms with Gasteiger partial charge in [0, 0.05) is 24.8 Å². The molecule has 110 valence electrons. The first-order chi connectivity index (χ1) is 10.1. The van der Waals surface area contributed by atoms with Gasteiger partial charge in [0.25, 0.3) is 0 Å². The van der Waals surface area contributed by atoms with Gasteiger partial charge in [0.05, 0.1) is 7.11 Å². The lowest BCUT2D eigenvalue weighted by Gasteiger charge is -2.16. The SMILES string of the molecule is COc1cccc(C(O)c2ccc3c(c2)CCN3C)c1F. The molecule has 1 aliphatic heterocycles. The van der Waals surface area contributed by atoms with Crippen LogP contribution in [0.25, 0.3) is 0 Å². The Hall–Kier alpha value is -2.07. The lowest BCUT2D eigenvalue weighted by atomic mass is 9.98. The van der Waals surface area contributed by atoms with E-state index in [0.29, 0.717) is 5.56 Å². The standard InChI is InChI=1S/C17H18FNO2/c1-19-9-8-11-10-12(6-7-14(11)19)17(20)13-4-3-5-15(21-2)16(13)18/h3-7,10,17,20H,8-9H2,1-2H3. The van der Waals surface area contributed by atoms with E-state index in [2.05, 4.69) is 4.90 Å². The molecule has 0 saturated heterocycles. The zero-order valence-corrected chi connectivity index (χ0v) is 12.1. The summed E-state index contributed by atoms with van der Waals surface area (Å²) in [5, 5.41) is 10.5. The molecule has 3 nitrogen and oxygen atoms in total. The van der Waals surface area contributed by atoms with E-state index in [9.17, 15) is 9.50 Å². The van der Waals surface area contributed by atoms with Crippen LogP contribution in [0.15, 0.2) is 36.4 Å². The molecule has 0 aliphatic carbocycles. The van der Waals surface area contributed by atoms with Crippen molar-refractivity contribution >= 4 is 5.69 Å². The monoisotopic (exact) mass is 287 g/mol. The highest BCUT2D eigenvalue weighted by Crippen LogP contribution is 2.33. The number of aliphatic hydroxyl groups excluding tert-OH is 1. The van der Waals surface area contributed by atoms with Crippen molar-refractivity contribution in [1.82, 2.24) is 0 Å². The molecule has 4 heteroatoms. The first-order valence-corrected chi connectivity index (χ1v) is 6.96. The number of methoxy groups -OCH3 is 1. The van der Waals surface area contributed by atoms with Gasteiger partial charge in [-0.2, -0.15) is 0 Å². The highest BCUT2D eigenvalue weighted by Gasteiger charge is 2.21. The minimum absolute atomic E-state index is 0.146. The fraction of sp³-hybridized carbons (Fsp3) is 0.294. The number of likely N-dealkylation sites (N-methyl/N-ethyl adjacent to an activating group) is 1. The summed E-state index contributed by atoms with van der Waals surface area (Å²) in [5.41, 5.74) is 3.31. The normalized spacial score (nSPS) is 15.0. The fourth-order valence-electron chi connectivity index (χ4n) is 2.83. The minimum Gasteiger partial charge on any atom is -0.494 e. The molecule has 0 aromatic heterocycles. The Kier molecular flexibility index (Phi) is 3.55. The van der Waals surface area contributed by atoms with Gasteiger partial charge in [0.15, 0.2) is 11.6 Å². The minimum atomic E-state index is -0.990. The predicted octanol–water partition coefficient (Wildman–Crippen LogP) is 2.91. The molecule has 0 amide bonds. The molecule has 1 unspecified atom stereocenters. The zero-order chi connectivity index (χ0) is 15.0. The molecule has 1 heterocycles. The zero-order valence-electron chi connectivity index (χ0n) is 12.1. The van der Waals surface area contributed by atoms with E-state index >= 15 is 0 Å². The molecule has 2 aromatic rings. The number of fused-ring (bicyclic) bond motifs is 1. The van der Waals surface area contributed by atoms with E-state index < -0.39 is 11.9 Å². The average Bonchev–Trinajstić information content (AvgIpc) is 2.88. The second kappa shape index (κ2) is 5.37. The Balaban J connectivity index is 1.98. The van der Waals surface area contributed by atoms with Crippen molar-refractivity contribution in [2.24, 2.45) is 0 Å². The van der Waals surface area contributed by atoms with Crippen LogP contribution in [0.4, 0.5) is 10.1 Å². The number of nitrogens with zero attached hydrogens (tertiary/aromatic N) is 1. The highest BCUT2D eigenvalue weighted by atomic mass is 19.1. The molecule has 0 bridgehead atoms. The smallest absolute Gasteiger partial charge is 0.171 e. The summed E-state index contributed by atoms with van der Waals surface area (Å²) in [6, 6.07) is 10.6. The summed E-state index contributed by atoms with van der Waals surface area (Å²) in [6.45, 7) is 0.975. The molecule has 0 fully saturated rings. The van der Waals surface area contributed by atoms with E-state index in [1.165, 1.54) is 18.4 Å². The van der Waals surface area contributed by atoms with Crippen molar-refractivity contribution < 1.29 is 14.2 Å². The maximum absolute atomic E-state index is 14.3. The van der Waals surface area contributed by atoms with Crippen LogP contribution in [0, 0.1) is 5.82 Å². The van der Waals surface area contributed by atoms with E-state index in [4.69, 9.17) is 4.74 Å². The van der Waals surface area contributed by atoms with E-state index in [1.54, 1.807) is 18.2 Å². The van der Waals surface area contributed by atoms with Crippen molar-refractivity contribution in [3.8, 4) is 5.75 Å². The second-order valence-corrected chi connectivity index (χ2v) is 5.33. The van der Waals surface area contributed by atoms with Crippen molar-refractivity contribution in [3.05, 3.63) is 58.9 Å². The van der Waals surface area contributed by atoms with Crippen molar-refractivity contribution in [1.29, 1.82) is 0 Å². The Labute approximate surface area is 123 Å². The molecule has 0 radical (unpaired) electrons. The van der Waals surface area contributed by atoms with E-state index in [0.717, 1.165) is 13.0 Å². The van der Waals surface area contributed by atoms with Gasteiger partial charge in [-0.3, -0.25) is 0 Å². The van der Waals surface area contributed by atoms with Crippen LogP contribution in [0.5, 0.6) is 5.75 Å². The number of ether oxygens (including phenoxy) is 1. The Bertz CT molecular complexity index is 672. The van der Waals surface area contributed by atoms with Crippen LogP contribution in [0.2, 0.25) is 0 Å². The topological polar surface area (TPSA) is 32.7 Å². The average molecular weight is 287 g/mol. The molecule has 2 aromatic carbocycles. The summed E-state index contributed by atoms with van der Waals surface area (Å²) < 4.78 is 19.2. The number of rotatable bonds is 3. The van der Waals surface area contributed by atoms with Crippen LogP contribution in [0.1, 0.15) is 22.8 Å². The molecule has 21 heavy (non-hydrogen) atoms. The quantitative estimate of drug-likeness (QED) is 0.942. The van der Waals surface area contributed by atoms with Gasteiger partial charge in [-0.15, -0.1) is 0 Å². The number of anilines is 1. The molecule has 0 saturated carbocycles. The summed E-state index contributed by atoms with van der Waals surface area (Å²) >= 11 is 0. The maximum atomic E-state index is 14.3. The van der Waals surface area contributed by atoms with Crippen LogP contribution in [0.3, 0.4) is 0 Å². The molecular weight excluding hydrogens is 269 g/mol. The number of hydrogen-bond acceptors (Lipinski definition) is 3. The molecule has 1 atom stereocenters. The molecular formula is C17H18FNO2. The first-order valence-electron chi connectivity index (χ1n) is 6.96. The fourth-order valence-corrected chi connectivity index (χ4v) is 2.83. The van der Waals surface area contributed by atoms with Crippen molar-refractivity contribution in [2.75, 3.05) is 25.6 Å². The van der Waals surface area contributed by atoms with E-state index in [1.807, 2.05) is 25.2 Å². The third-order valence-electron chi connectivity index (χ3n) is 4.05. The van der Waals surface area contributed by atoms with Crippen LogP contribution in [-0.2, 0) is 6.42 Å². The lowest BCUT2D eigenvalue weighted by molar-refractivity contribution is 0.213. The predicted molar refractivity (Wildman–Crippen MR) is 80.4 cm³/mol. The highest BCUT2D eigenvalue weighted by molar-refractivity contribution is 5.59. The second-order valence-electron chi connectivity index (χ2n) is 5.33. The number of benzene rings is 2.